The number of carbonyl (C=O) groups excluding carboxylic acids is 1. The van der Waals surface area contributed by atoms with Crippen LogP contribution in [0.1, 0.15) is 17.3 Å². The summed E-state index contributed by atoms with van der Waals surface area (Å²) in [6.45, 7) is 2.05. The molecular formula is C12H14OS2. The van der Waals surface area contributed by atoms with Crippen LogP contribution in [-0.4, -0.2) is 21.9 Å². The minimum atomic E-state index is 0.130. The number of ketones is 1. The highest BCUT2D eigenvalue weighted by atomic mass is 32.2. The molecular weight excluding hydrogens is 224 g/mol. The van der Waals surface area contributed by atoms with Crippen LogP contribution in [0.5, 0.6) is 0 Å². The number of thioether (sulfide) groups is 2. The van der Waals surface area contributed by atoms with Crippen molar-refractivity contribution < 1.29 is 4.79 Å². The van der Waals surface area contributed by atoms with Crippen molar-refractivity contribution in [3.8, 4) is 0 Å². The number of Topliss-reactive ketones (excluding diaryl/α,β-unsaturated/α-hetero) is 1. The smallest absolute Gasteiger partial charge is 0.167 e. The zero-order valence-corrected chi connectivity index (χ0v) is 10.3. The van der Waals surface area contributed by atoms with Gasteiger partial charge < -0.3 is 0 Å². The molecule has 1 atom stereocenters. The van der Waals surface area contributed by atoms with Crippen LogP contribution in [0.15, 0.2) is 30.3 Å². The second-order valence-corrected chi connectivity index (χ2v) is 6.43. The lowest BCUT2D eigenvalue weighted by Crippen LogP contribution is -2.19. The number of hydrogen-bond donors (Lipinski definition) is 0. The highest BCUT2D eigenvalue weighted by Gasteiger charge is 2.28. The number of hydrogen-bond acceptors (Lipinski definition) is 3. The van der Waals surface area contributed by atoms with Crippen molar-refractivity contribution in [3.05, 3.63) is 35.9 Å². The van der Waals surface area contributed by atoms with Gasteiger partial charge in [-0.25, -0.2) is 0 Å². The first-order chi connectivity index (χ1) is 7.29. The molecule has 2 rings (SSSR count). The summed E-state index contributed by atoms with van der Waals surface area (Å²) >= 11 is 3.83. The van der Waals surface area contributed by atoms with Gasteiger partial charge in [0.25, 0.3) is 0 Å². The van der Waals surface area contributed by atoms with Crippen molar-refractivity contribution in [1.29, 1.82) is 0 Å². The fourth-order valence-corrected chi connectivity index (χ4v) is 4.68. The summed E-state index contributed by atoms with van der Waals surface area (Å²) in [5, 5.41) is 0. The number of benzene rings is 1. The Morgan fingerprint density at radius 1 is 1.27 bits per heavy atom. The summed E-state index contributed by atoms with van der Waals surface area (Å²) in [5.74, 6) is 2.77. The van der Waals surface area contributed by atoms with Gasteiger partial charge in [-0.2, -0.15) is 0 Å². The molecule has 1 heterocycles. The molecule has 15 heavy (non-hydrogen) atoms. The minimum absolute atomic E-state index is 0.130. The lowest BCUT2D eigenvalue weighted by atomic mass is 10.0. The third-order valence-electron chi connectivity index (χ3n) is 2.53. The van der Waals surface area contributed by atoms with Crippen molar-refractivity contribution in [2.24, 2.45) is 5.92 Å². The Morgan fingerprint density at radius 2 is 1.87 bits per heavy atom. The molecule has 0 N–H and O–H groups in total. The van der Waals surface area contributed by atoms with E-state index in [4.69, 9.17) is 0 Å². The largest absolute Gasteiger partial charge is 0.294 e. The Balaban J connectivity index is 2.07. The average molecular weight is 238 g/mol. The molecule has 0 radical (unpaired) electrons. The molecule has 3 heteroatoms. The Labute approximate surface area is 99.0 Å². The minimum Gasteiger partial charge on any atom is -0.294 e. The third kappa shape index (κ3) is 2.58. The van der Waals surface area contributed by atoms with Crippen LogP contribution in [0.4, 0.5) is 0 Å². The predicted octanol–water partition coefficient (Wildman–Crippen LogP) is 3.31. The van der Waals surface area contributed by atoms with Crippen LogP contribution in [0, 0.1) is 5.92 Å². The Morgan fingerprint density at radius 3 is 2.47 bits per heavy atom. The highest BCUT2D eigenvalue weighted by Crippen LogP contribution is 2.38. The molecule has 0 spiro atoms. The molecule has 1 fully saturated rings. The van der Waals surface area contributed by atoms with Gasteiger partial charge in [-0.15, -0.1) is 23.5 Å². The Hall–Kier alpha value is -0.410. The lowest BCUT2D eigenvalue weighted by molar-refractivity contribution is 0.0938. The first-order valence-electron chi connectivity index (χ1n) is 5.11. The molecule has 1 aliphatic heterocycles. The van der Waals surface area contributed by atoms with Crippen LogP contribution < -0.4 is 0 Å². The van der Waals surface area contributed by atoms with Gasteiger partial charge in [-0.1, -0.05) is 37.3 Å². The third-order valence-corrected chi connectivity index (χ3v) is 5.96. The van der Waals surface area contributed by atoms with Gasteiger partial charge in [0.1, 0.15) is 0 Å². The van der Waals surface area contributed by atoms with E-state index in [1.54, 1.807) is 0 Å². The lowest BCUT2D eigenvalue weighted by Gasteiger charge is -2.16. The molecule has 0 aliphatic carbocycles. The molecule has 1 aliphatic rings. The molecule has 1 aromatic rings. The summed E-state index contributed by atoms with van der Waals surface area (Å²) in [6.07, 6.45) is 0. The molecule has 1 saturated heterocycles. The van der Waals surface area contributed by atoms with Crippen molar-refractivity contribution in [2.75, 3.05) is 11.5 Å². The maximum atomic E-state index is 12.1. The van der Waals surface area contributed by atoms with Gasteiger partial charge in [0.15, 0.2) is 5.78 Å². The summed E-state index contributed by atoms with van der Waals surface area (Å²) < 4.78 is 0.456. The van der Waals surface area contributed by atoms with Gasteiger partial charge in [0.2, 0.25) is 0 Å². The van der Waals surface area contributed by atoms with E-state index in [2.05, 4.69) is 0 Å². The maximum absolute atomic E-state index is 12.1. The van der Waals surface area contributed by atoms with E-state index >= 15 is 0 Å². The summed E-state index contributed by atoms with van der Waals surface area (Å²) in [5.41, 5.74) is 0.845. The molecule has 0 aromatic heterocycles. The first kappa shape index (κ1) is 11.1. The van der Waals surface area contributed by atoms with Crippen LogP contribution in [-0.2, 0) is 0 Å². The second-order valence-electron chi connectivity index (χ2n) is 3.63. The molecule has 1 nitrogen and oxygen atoms in total. The molecule has 0 amide bonds. The quantitative estimate of drug-likeness (QED) is 0.752. The van der Waals surface area contributed by atoms with Crippen molar-refractivity contribution in [3.63, 3.8) is 0 Å². The Bertz CT molecular complexity index is 331. The van der Waals surface area contributed by atoms with Gasteiger partial charge in [-0.05, 0) is 0 Å². The van der Waals surface area contributed by atoms with Crippen LogP contribution in [0.25, 0.3) is 0 Å². The van der Waals surface area contributed by atoms with Gasteiger partial charge in [-0.3, -0.25) is 4.79 Å². The van der Waals surface area contributed by atoms with E-state index < -0.39 is 0 Å². The molecule has 1 aromatic carbocycles. The van der Waals surface area contributed by atoms with E-state index in [1.807, 2.05) is 60.8 Å². The zero-order valence-electron chi connectivity index (χ0n) is 8.68. The first-order valence-corrected chi connectivity index (χ1v) is 7.21. The molecule has 1 unspecified atom stereocenters. The van der Waals surface area contributed by atoms with Crippen LogP contribution in [0.3, 0.4) is 0 Å². The fourth-order valence-electron chi connectivity index (χ4n) is 1.65. The SMILES string of the molecule is CC(C(=O)c1ccccc1)C1SCCS1. The van der Waals surface area contributed by atoms with E-state index in [0.717, 1.165) is 5.56 Å². The highest BCUT2D eigenvalue weighted by molar-refractivity contribution is 8.20. The molecule has 0 bridgehead atoms. The van der Waals surface area contributed by atoms with E-state index in [-0.39, 0.29) is 11.7 Å². The van der Waals surface area contributed by atoms with E-state index in [9.17, 15) is 4.79 Å². The van der Waals surface area contributed by atoms with Crippen LogP contribution in [0.2, 0.25) is 0 Å². The number of rotatable bonds is 3. The zero-order chi connectivity index (χ0) is 10.7. The Kier molecular flexibility index (Phi) is 3.76. The summed E-state index contributed by atoms with van der Waals surface area (Å²) in [4.78, 5) is 12.1. The van der Waals surface area contributed by atoms with Gasteiger partial charge in [0.05, 0.1) is 4.58 Å². The predicted molar refractivity (Wildman–Crippen MR) is 68.6 cm³/mol. The molecule has 80 valence electrons. The van der Waals surface area contributed by atoms with E-state index in [1.165, 1.54) is 11.5 Å². The maximum Gasteiger partial charge on any atom is 0.167 e. The van der Waals surface area contributed by atoms with Crippen LogP contribution >= 0.6 is 23.5 Å². The van der Waals surface area contributed by atoms with Gasteiger partial charge in [0, 0.05) is 23.0 Å². The van der Waals surface area contributed by atoms with Gasteiger partial charge >= 0.3 is 0 Å². The summed E-state index contributed by atoms with van der Waals surface area (Å²) in [6, 6.07) is 9.61. The second kappa shape index (κ2) is 5.08. The normalized spacial score (nSPS) is 19.0. The standard InChI is InChI=1S/C12H14OS2/c1-9(12-14-7-8-15-12)11(13)10-5-3-2-4-6-10/h2-6,9,12H,7-8H2,1H3. The summed E-state index contributed by atoms with van der Waals surface area (Å²) in [7, 11) is 0. The topological polar surface area (TPSA) is 17.1 Å². The molecule has 0 saturated carbocycles. The van der Waals surface area contributed by atoms with Crippen molar-refractivity contribution >= 4 is 29.3 Å². The fraction of sp³-hybridized carbons (Fsp3) is 0.417. The van der Waals surface area contributed by atoms with E-state index in [0.29, 0.717) is 4.58 Å². The monoisotopic (exact) mass is 238 g/mol. The van der Waals surface area contributed by atoms with Crippen molar-refractivity contribution in [1.82, 2.24) is 0 Å². The average Bonchev–Trinajstić information content (AvgIpc) is 2.82. The van der Waals surface area contributed by atoms with Crippen molar-refractivity contribution in [2.45, 2.75) is 11.5 Å². The number of carbonyl (C=O) groups is 1.